The highest BCUT2D eigenvalue weighted by Crippen LogP contribution is 2.38. The summed E-state index contributed by atoms with van der Waals surface area (Å²) in [4.78, 5) is 30.0. The summed E-state index contributed by atoms with van der Waals surface area (Å²) in [6.07, 6.45) is 3.00. The summed E-state index contributed by atoms with van der Waals surface area (Å²) in [7, 11) is 0. The van der Waals surface area contributed by atoms with E-state index in [2.05, 4.69) is 20.5 Å². The number of aromatic nitrogens is 3. The zero-order valence-electron chi connectivity index (χ0n) is 15.0. The van der Waals surface area contributed by atoms with Gasteiger partial charge in [0.05, 0.1) is 17.9 Å². The Morgan fingerprint density at radius 1 is 1.38 bits per heavy atom. The fourth-order valence-corrected chi connectivity index (χ4v) is 4.42. The maximum absolute atomic E-state index is 12.3. The summed E-state index contributed by atoms with van der Waals surface area (Å²) in [5.41, 5.74) is 1.41. The van der Waals surface area contributed by atoms with Gasteiger partial charge in [0.15, 0.2) is 0 Å². The number of aromatic amines is 1. The van der Waals surface area contributed by atoms with Crippen LogP contribution in [-0.2, 0) is 16.0 Å². The molecule has 2 aromatic heterocycles. The lowest BCUT2D eigenvalue weighted by Crippen LogP contribution is -2.16. The number of thioether (sulfide) groups is 1. The van der Waals surface area contributed by atoms with Crippen molar-refractivity contribution < 1.29 is 14.3 Å². The third-order valence-electron chi connectivity index (χ3n) is 4.07. The molecule has 0 aromatic carbocycles. The quantitative estimate of drug-likeness (QED) is 0.525. The zero-order chi connectivity index (χ0) is 18.7. The van der Waals surface area contributed by atoms with Crippen molar-refractivity contribution in [3.63, 3.8) is 0 Å². The molecule has 0 saturated heterocycles. The second-order valence-corrected chi connectivity index (χ2v) is 8.20. The Hall–Kier alpha value is -1.87. The van der Waals surface area contributed by atoms with E-state index in [0.717, 1.165) is 29.1 Å². The summed E-state index contributed by atoms with van der Waals surface area (Å²) in [5, 5.41) is 11.0. The third kappa shape index (κ3) is 4.27. The molecule has 0 aliphatic heterocycles. The van der Waals surface area contributed by atoms with Crippen molar-refractivity contribution in [3.8, 4) is 0 Å². The Labute approximate surface area is 160 Å². The van der Waals surface area contributed by atoms with Gasteiger partial charge in [-0.1, -0.05) is 18.7 Å². The van der Waals surface area contributed by atoms with E-state index in [1.165, 1.54) is 23.1 Å². The van der Waals surface area contributed by atoms with E-state index >= 15 is 0 Å². The number of esters is 1. The van der Waals surface area contributed by atoms with Crippen LogP contribution in [-0.4, -0.2) is 39.4 Å². The standard InChI is InChI=1S/C17H22N4O3S2/c1-4-11-9(3)26-15(13(11)16(23)24-5-2)18-12(22)8-25-17-19-14(20-21-17)10-6-7-10/h10H,4-8H2,1-3H3,(H,18,22)(H,19,20,21). The van der Waals surface area contributed by atoms with Crippen molar-refractivity contribution in [1.29, 1.82) is 0 Å². The minimum Gasteiger partial charge on any atom is -0.462 e. The predicted molar refractivity (Wildman–Crippen MR) is 102 cm³/mol. The van der Waals surface area contributed by atoms with Gasteiger partial charge in [0.2, 0.25) is 11.1 Å². The summed E-state index contributed by atoms with van der Waals surface area (Å²) >= 11 is 2.68. The minimum atomic E-state index is -0.389. The Kier molecular flexibility index (Phi) is 5.98. The highest BCUT2D eigenvalue weighted by atomic mass is 32.2. The molecule has 1 aliphatic carbocycles. The van der Waals surface area contributed by atoms with Crippen molar-refractivity contribution in [2.75, 3.05) is 17.7 Å². The average molecular weight is 395 g/mol. The van der Waals surface area contributed by atoms with Crippen molar-refractivity contribution in [3.05, 3.63) is 21.8 Å². The first kappa shape index (κ1) is 18.9. The van der Waals surface area contributed by atoms with Crippen LogP contribution >= 0.6 is 23.1 Å². The van der Waals surface area contributed by atoms with Gasteiger partial charge < -0.3 is 10.1 Å². The molecule has 0 radical (unpaired) electrons. The van der Waals surface area contributed by atoms with Crippen molar-refractivity contribution in [1.82, 2.24) is 15.2 Å². The summed E-state index contributed by atoms with van der Waals surface area (Å²) < 4.78 is 5.15. The van der Waals surface area contributed by atoms with Crippen molar-refractivity contribution in [2.24, 2.45) is 0 Å². The summed E-state index contributed by atoms with van der Waals surface area (Å²) in [5.74, 6) is 1.00. The molecule has 0 unspecified atom stereocenters. The number of nitrogens with zero attached hydrogens (tertiary/aromatic N) is 2. The number of thiophene rings is 1. The number of hydrogen-bond acceptors (Lipinski definition) is 7. The molecule has 1 fully saturated rings. The fraction of sp³-hybridized carbons (Fsp3) is 0.529. The van der Waals surface area contributed by atoms with E-state index in [1.54, 1.807) is 6.92 Å². The van der Waals surface area contributed by atoms with Crippen LogP contribution in [0.1, 0.15) is 59.2 Å². The molecule has 2 N–H and O–H groups in total. The molecular formula is C17H22N4O3S2. The molecule has 140 valence electrons. The van der Waals surface area contributed by atoms with Crippen molar-refractivity contribution >= 4 is 40.0 Å². The van der Waals surface area contributed by atoms with E-state index in [1.807, 2.05) is 13.8 Å². The maximum atomic E-state index is 12.3. The number of carbonyl (C=O) groups excluding carboxylic acids is 2. The highest BCUT2D eigenvalue weighted by molar-refractivity contribution is 7.99. The summed E-state index contributed by atoms with van der Waals surface area (Å²) in [6.45, 7) is 6.00. The van der Waals surface area contributed by atoms with Gasteiger partial charge in [-0.25, -0.2) is 9.78 Å². The third-order valence-corrected chi connectivity index (χ3v) is 5.98. The number of carbonyl (C=O) groups is 2. The number of H-pyrrole nitrogens is 1. The second kappa shape index (κ2) is 8.22. The number of aryl methyl sites for hydroxylation is 1. The second-order valence-electron chi connectivity index (χ2n) is 6.03. The lowest BCUT2D eigenvalue weighted by atomic mass is 10.1. The molecule has 1 amide bonds. The lowest BCUT2D eigenvalue weighted by molar-refractivity contribution is -0.113. The molecule has 7 nitrogen and oxygen atoms in total. The molecule has 26 heavy (non-hydrogen) atoms. The van der Waals surface area contributed by atoms with Crippen LogP contribution in [0.15, 0.2) is 5.16 Å². The van der Waals surface area contributed by atoms with E-state index in [4.69, 9.17) is 4.74 Å². The largest absolute Gasteiger partial charge is 0.462 e. The first-order valence-corrected chi connectivity index (χ1v) is 10.5. The Balaban J connectivity index is 1.65. The zero-order valence-corrected chi connectivity index (χ0v) is 16.7. The van der Waals surface area contributed by atoms with E-state index in [-0.39, 0.29) is 17.6 Å². The predicted octanol–water partition coefficient (Wildman–Crippen LogP) is 3.52. The lowest BCUT2D eigenvalue weighted by Gasteiger charge is -2.07. The molecule has 0 bridgehead atoms. The van der Waals surface area contributed by atoms with Gasteiger partial charge in [-0.3, -0.25) is 9.89 Å². The monoisotopic (exact) mass is 394 g/mol. The molecule has 9 heteroatoms. The molecule has 2 aromatic rings. The minimum absolute atomic E-state index is 0.183. The first-order valence-electron chi connectivity index (χ1n) is 8.67. The maximum Gasteiger partial charge on any atom is 0.341 e. The molecular weight excluding hydrogens is 372 g/mol. The van der Waals surface area contributed by atoms with Gasteiger partial charge in [0, 0.05) is 10.8 Å². The number of hydrogen-bond donors (Lipinski definition) is 2. The molecule has 1 saturated carbocycles. The highest BCUT2D eigenvalue weighted by Gasteiger charge is 2.27. The van der Waals surface area contributed by atoms with Crippen LogP contribution < -0.4 is 5.32 Å². The van der Waals surface area contributed by atoms with Crippen LogP contribution in [0, 0.1) is 6.92 Å². The molecule has 3 rings (SSSR count). The first-order chi connectivity index (χ1) is 12.5. The van der Waals surface area contributed by atoms with Crippen LogP contribution in [0.2, 0.25) is 0 Å². The van der Waals surface area contributed by atoms with Crippen LogP contribution in [0.3, 0.4) is 0 Å². The van der Waals surface area contributed by atoms with Gasteiger partial charge >= 0.3 is 5.97 Å². The average Bonchev–Trinajstić information content (AvgIpc) is 3.26. The van der Waals surface area contributed by atoms with Crippen LogP contribution in [0.4, 0.5) is 5.00 Å². The summed E-state index contributed by atoms with van der Waals surface area (Å²) in [6, 6.07) is 0. The number of nitrogens with one attached hydrogen (secondary N) is 2. The molecule has 1 aliphatic rings. The normalized spacial score (nSPS) is 13.7. The smallest absolute Gasteiger partial charge is 0.341 e. The fourth-order valence-electron chi connectivity index (χ4n) is 2.67. The molecule has 0 spiro atoms. The topological polar surface area (TPSA) is 97.0 Å². The van der Waals surface area contributed by atoms with Gasteiger partial charge in [0.1, 0.15) is 10.8 Å². The van der Waals surface area contributed by atoms with E-state index in [0.29, 0.717) is 34.7 Å². The van der Waals surface area contributed by atoms with Gasteiger partial charge in [0.25, 0.3) is 0 Å². The number of amides is 1. The van der Waals surface area contributed by atoms with E-state index < -0.39 is 0 Å². The Bertz CT molecular complexity index is 811. The van der Waals surface area contributed by atoms with Crippen LogP contribution in [0.5, 0.6) is 0 Å². The Morgan fingerprint density at radius 3 is 2.81 bits per heavy atom. The Morgan fingerprint density at radius 2 is 2.15 bits per heavy atom. The van der Waals surface area contributed by atoms with Crippen LogP contribution in [0.25, 0.3) is 0 Å². The van der Waals surface area contributed by atoms with Gasteiger partial charge in [-0.15, -0.1) is 16.4 Å². The van der Waals surface area contributed by atoms with Crippen molar-refractivity contribution in [2.45, 2.75) is 51.1 Å². The molecule has 0 atom stereocenters. The van der Waals surface area contributed by atoms with Gasteiger partial charge in [-0.05, 0) is 38.7 Å². The number of rotatable bonds is 8. The SMILES string of the molecule is CCOC(=O)c1c(NC(=O)CSc2n[nH]c(C3CC3)n2)sc(C)c1CC. The number of ether oxygens (including phenoxy) is 1. The van der Waals surface area contributed by atoms with Gasteiger partial charge in [-0.2, -0.15) is 0 Å². The number of anilines is 1. The van der Waals surface area contributed by atoms with E-state index in [9.17, 15) is 9.59 Å². The molecule has 2 heterocycles.